The highest BCUT2D eigenvalue weighted by atomic mass is 15.2. The Bertz CT molecular complexity index is 2570. The minimum absolute atomic E-state index is 0.0809. The normalized spacial score (nSPS) is 13.1. The molecule has 0 unspecified atom stereocenters. The van der Waals surface area contributed by atoms with E-state index >= 15 is 0 Å². The van der Waals surface area contributed by atoms with Crippen LogP contribution in [-0.2, 0) is 0 Å². The molecule has 0 bridgehead atoms. The molecule has 4 nitrogen and oxygen atoms in total. The van der Waals surface area contributed by atoms with Gasteiger partial charge >= 0.3 is 0 Å². The highest BCUT2D eigenvalue weighted by Gasteiger charge is 2.34. The molecule has 0 saturated heterocycles. The fraction of sp³-hybridized carbons (Fsp3) is 0.0385. The van der Waals surface area contributed by atoms with Crippen molar-refractivity contribution in [2.24, 2.45) is 0 Å². The topological polar surface area (TPSA) is 34.6 Å². The Kier molecular flexibility index (Phi) is 8.02. The second-order valence-corrected chi connectivity index (χ2v) is 14.2. The van der Waals surface area contributed by atoms with Crippen LogP contribution < -0.4 is 9.80 Å². The van der Waals surface area contributed by atoms with Crippen molar-refractivity contribution in [2.45, 2.75) is 11.8 Å². The third-order valence-electron chi connectivity index (χ3n) is 11.3. The summed E-state index contributed by atoms with van der Waals surface area (Å²) in [4.78, 5) is 8.60. The van der Waals surface area contributed by atoms with E-state index in [-0.39, 0.29) is 11.8 Å². The molecule has 0 spiro atoms. The summed E-state index contributed by atoms with van der Waals surface area (Å²) >= 11 is 0. The van der Waals surface area contributed by atoms with Gasteiger partial charge in [0.05, 0.1) is 41.0 Å². The summed E-state index contributed by atoms with van der Waals surface area (Å²) in [7, 11) is 0. The number of anilines is 6. The van der Waals surface area contributed by atoms with Crippen LogP contribution in [0.2, 0.25) is 0 Å². The van der Waals surface area contributed by atoms with E-state index in [9.17, 15) is 5.26 Å². The SMILES string of the molecule is [C-]#[N+]c1cc(N2c3ccccc3C(c3ccccc3)c3ccccc32)ccc1-c1ccc(N2c3ccccc3C(c3ccccc3)c3ccccc32)cc1C#N. The number of benzene rings is 8. The van der Waals surface area contributed by atoms with E-state index in [1.54, 1.807) is 0 Å². The van der Waals surface area contributed by atoms with E-state index in [1.165, 1.54) is 33.4 Å². The molecule has 0 N–H and O–H groups in total. The molecule has 0 amide bonds. The summed E-state index contributed by atoms with van der Waals surface area (Å²) in [5.74, 6) is 0.163. The number of fused-ring (bicyclic) bond motifs is 4. The first-order chi connectivity index (χ1) is 27.7. The van der Waals surface area contributed by atoms with Crippen LogP contribution in [0.4, 0.5) is 39.8 Å². The molecule has 2 aliphatic heterocycles. The summed E-state index contributed by atoms with van der Waals surface area (Å²) < 4.78 is 0. The monoisotopic (exact) mass is 714 g/mol. The number of hydrogen-bond donors (Lipinski definition) is 0. The molecule has 2 heterocycles. The van der Waals surface area contributed by atoms with Gasteiger partial charge in [0.2, 0.25) is 0 Å². The van der Waals surface area contributed by atoms with E-state index < -0.39 is 0 Å². The van der Waals surface area contributed by atoms with E-state index in [4.69, 9.17) is 6.57 Å². The standard InChI is InChI=1S/C52H34N4/c1-54-46-33-39(56-49-26-14-10-22-44(49)52(36-18-6-3-7-19-36)45-23-11-15-27-50(45)56)29-31-41(46)40-30-28-38(32-37(40)34-53)55-47-24-12-8-20-42(47)51(35-16-4-2-5-17-35)43-21-9-13-25-48(43)55/h2-33,51-52H. The van der Waals surface area contributed by atoms with E-state index in [1.807, 2.05) is 24.3 Å². The first-order valence-corrected chi connectivity index (χ1v) is 18.9. The third-order valence-corrected chi connectivity index (χ3v) is 11.3. The lowest BCUT2D eigenvalue weighted by atomic mass is 9.80. The minimum atomic E-state index is 0.0809. The Hall–Kier alpha value is -7.66. The Morgan fingerprint density at radius 1 is 0.429 bits per heavy atom. The fourth-order valence-electron chi connectivity index (χ4n) is 8.88. The molecule has 0 radical (unpaired) electrons. The maximum Gasteiger partial charge on any atom is 0.197 e. The third kappa shape index (κ3) is 5.28. The molecule has 8 aromatic rings. The van der Waals surface area contributed by atoms with Crippen LogP contribution >= 0.6 is 0 Å². The number of para-hydroxylation sites is 4. The van der Waals surface area contributed by atoms with Crippen molar-refractivity contribution in [1.29, 1.82) is 5.26 Å². The molecule has 56 heavy (non-hydrogen) atoms. The van der Waals surface area contributed by atoms with Gasteiger partial charge in [-0.05, 0) is 93.0 Å². The van der Waals surface area contributed by atoms with Crippen LogP contribution in [0.25, 0.3) is 16.0 Å². The molecule has 0 atom stereocenters. The van der Waals surface area contributed by atoms with Crippen molar-refractivity contribution in [3.05, 3.63) is 244 Å². The van der Waals surface area contributed by atoms with Crippen molar-refractivity contribution in [2.75, 3.05) is 9.80 Å². The molecule has 10 rings (SSSR count). The van der Waals surface area contributed by atoms with Crippen molar-refractivity contribution >= 4 is 39.8 Å². The van der Waals surface area contributed by atoms with Gasteiger partial charge in [-0.25, -0.2) is 4.85 Å². The number of nitrogens with zero attached hydrogens (tertiary/aromatic N) is 4. The van der Waals surface area contributed by atoms with Crippen LogP contribution in [0.15, 0.2) is 194 Å². The maximum atomic E-state index is 10.7. The number of hydrogen-bond acceptors (Lipinski definition) is 3. The molecule has 0 aromatic heterocycles. The highest BCUT2D eigenvalue weighted by molar-refractivity contribution is 5.92. The van der Waals surface area contributed by atoms with Gasteiger partial charge in [0, 0.05) is 23.2 Å². The van der Waals surface area contributed by atoms with E-state index in [2.05, 4.69) is 191 Å². The van der Waals surface area contributed by atoms with Crippen molar-refractivity contribution in [3.63, 3.8) is 0 Å². The Balaban J connectivity index is 1.07. The van der Waals surface area contributed by atoms with Gasteiger partial charge in [-0.3, -0.25) is 0 Å². The smallest absolute Gasteiger partial charge is 0.197 e. The second-order valence-electron chi connectivity index (χ2n) is 14.2. The predicted molar refractivity (Wildman–Crippen MR) is 227 cm³/mol. The van der Waals surface area contributed by atoms with Gasteiger partial charge < -0.3 is 9.80 Å². The zero-order valence-electron chi connectivity index (χ0n) is 30.4. The Morgan fingerprint density at radius 2 is 0.804 bits per heavy atom. The molecule has 0 aliphatic carbocycles. The van der Waals surface area contributed by atoms with Crippen molar-refractivity contribution in [1.82, 2.24) is 0 Å². The predicted octanol–water partition coefficient (Wildman–Crippen LogP) is 13.7. The van der Waals surface area contributed by atoms with Crippen molar-refractivity contribution in [3.8, 4) is 17.2 Å². The van der Waals surface area contributed by atoms with Gasteiger partial charge in [0.1, 0.15) is 0 Å². The van der Waals surface area contributed by atoms with Crippen LogP contribution in [-0.4, -0.2) is 0 Å². The second kappa shape index (κ2) is 13.6. The highest BCUT2D eigenvalue weighted by Crippen LogP contribution is 2.54. The zero-order valence-corrected chi connectivity index (χ0v) is 30.4. The molecule has 0 saturated carbocycles. The van der Waals surface area contributed by atoms with Crippen LogP contribution in [0, 0.1) is 17.9 Å². The van der Waals surface area contributed by atoms with Gasteiger partial charge in [-0.1, -0.05) is 146 Å². The number of rotatable bonds is 5. The maximum absolute atomic E-state index is 10.7. The molecule has 0 fully saturated rings. The molecular formula is C52H34N4. The zero-order chi connectivity index (χ0) is 37.6. The quantitative estimate of drug-likeness (QED) is 0.167. The molecule has 8 aromatic carbocycles. The fourth-order valence-corrected chi connectivity index (χ4v) is 8.88. The summed E-state index contributed by atoms with van der Waals surface area (Å²) in [6.45, 7) is 8.38. The van der Waals surface area contributed by atoms with Gasteiger partial charge in [-0.2, -0.15) is 5.26 Å². The summed E-state index contributed by atoms with van der Waals surface area (Å²) in [6.07, 6.45) is 0. The summed E-state index contributed by atoms with van der Waals surface area (Å²) in [6, 6.07) is 70.1. The summed E-state index contributed by atoms with van der Waals surface area (Å²) in [5.41, 5.74) is 15.9. The lowest BCUT2D eigenvalue weighted by Gasteiger charge is -2.38. The van der Waals surface area contributed by atoms with Crippen LogP contribution in [0.5, 0.6) is 0 Å². The molecule has 2 aliphatic rings. The lowest BCUT2D eigenvalue weighted by Crippen LogP contribution is -2.22. The average Bonchev–Trinajstić information content (AvgIpc) is 3.27. The first kappa shape index (κ1) is 32.9. The van der Waals surface area contributed by atoms with E-state index in [0.29, 0.717) is 11.3 Å². The molecule has 4 heteroatoms. The van der Waals surface area contributed by atoms with Crippen LogP contribution in [0.1, 0.15) is 50.8 Å². The Morgan fingerprint density at radius 3 is 1.21 bits per heavy atom. The average molecular weight is 715 g/mol. The van der Waals surface area contributed by atoms with E-state index in [0.717, 1.165) is 45.3 Å². The largest absolute Gasteiger partial charge is 0.311 e. The van der Waals surface area contributed by atoms with Gasteiger partial charge in [0.15, 0.2) is 5.69 Å². The van der Waals surface area contributed by atoms with Gasteiger partial charge in [-0.15, -0.1) is 0 Å². The minimum Gasteiger partial charge on any atom is -0.311 e. The molecular weight excluding hydrogens is 681 g/mol. The number of nitriles is 1. The Labute approximate surface area is 327 Å². The first-order valence-electron chi connectivity index (χ1n) is 18.9. The van der Waals surface area contributed by atoms with Crippen molar-refractivity contribution < 1.29 is 0 Å². The summed E-state index contributed by atoms with van der Waals surface area (Å²) in [5, 5.41) is 10.7. The lowest BCUT2D eigenvalue weighted by molar-refractivity contribution is 0.939. The van der Waals surface area contributed by atoms with Crippen LogP contribution in [0.3, 0.4) is 0 Å². The molecule has 262 valence electrons. The van der Waals surface area contributed by atoms with Gasteiger partial charge in [0.25, 0.3) is 0 Å².